The summed E-state index contributed by atoms with van der Waals surface area (Å²) in [5, 5.41) is 8.88. The van der Waals surface area contributed by atoms with Crippen LogP contribution in [0.3, 0.4) is 0 Å². The molecule has 3 nitrogen and oxygen atoms in total. The Hall–Kier alpha value is -1.35. The smallest absolute Gasteiger partial charge is 0.335 e. The van der Waals surface area contributed by atoms with Crippen LogP contribution in [0, 0.1) is 5.92 Å². The molecule has 0 saturated carbocycles. The molecule has 1 aromatic rings. The molecule has 1 aromatic carbocycles. The summed E-state index contributed by atoms with van der Waals surface area (Å²) in [5.74, 6) is -0.339. The van der Waals surface area contributed by atoms with E-state index < -0.39 is 5.97 Å². The van der Waals surface area contributed by atoms with E-state index in [0.29, 0.717) is 18.0 Å². The summed E-state index contributed by atoms with van der Waals surface area (Å²) in [5.41, 5.74) is 8.47. The minimum atomic E-state index is -0.854. The molecule has 80 valence electrons. The molecule has 15 heavy (non-hydrogen) atoms. The Bertz CT molecular complexity index is 387. The molecule has 3 heteroatoms. The molecule has 0 fully saturated rings. The van der Waals surface area contributed by atoms with E-state index in [1.807, 2.05) is 6.07 Å². The zero-order valence-corrected chi connectivity index (χ0v) is 8.57. The zero-order chi connectivity index (χ0) is 10.8. The van der Waals surface area contributed by atoms with Crippen molar-refractivity contribution >= 4 is 5.97 Å². The molecule has 0 radical (unpaired) electrons. The third-order valence-corrected chi connectivity index (χ3v) is 3.12. The van der Waals surface area contributed by atoms with E-state index in [2.05, 4.69) is 0 Å². The van der Waals surface area contributed by atoms with Crippen LogP contribution in [0.1, 0.15) is 27.9 Å². The zero-order valence-electron chi connectivity index (χ0n) is 8.57. The van der Waals surface area contributed by atoms with Crippen LogP contribution in [0.15, 0.2) is 18.2 Å². The topological polar surface area (TPSA) is 63.3 Å². The van der Waals surface area contributed by atoms with E-state index in [0.717, 1.165) is 24.8 Å². The summed E-state index contributed by atoms with van der Waals surface area (Å²) < 4.78 is 0. The summed E-state index contributed by atoms with van der Waals surface area (Å²) in [6.45, 7) is 0.691. The van der Waals surface area contributed by atoms with Crippen molar-refractivity contribution in [3.05, 3.63) is 34.9 Å². The molecule has 2 rings (SSSR count). The molecular weight excluding hydrogens is 190 g/mol. The fourth-order valence-electron chi connectivity index (χ4n) is 2.17. The lowest BCUT2D eigenvalue weighted by molar-refractivity contribution is 0.0696. The van der Waals surface area contributed by atoms with Crippen molar-refractivity contribution < 1.29 is 9.90 Å². The van der Waals surface area contributed by atoms with Gasteiger partial charge in [0.1, 0.15) is 0 Å². The lowest BCUT2D eigenvalue weighted by Crippen LogP contribution is -2.22. The Morgan fingerprint density at radius 3 is 2.93 bits per heavy atom. The first-order valence-corrected chi connectivity index (χ1v) is 5.26. The number of fused-ring (bicyclic) bond motifs is 1. The molecular formula is C12H15NO2. The molecule has 3 N–H and O–H groups in total. The fraction of sp³-hybridized carbons (Fsp3) is 0.417. The first-order valence-electron chi connectivity index (χ1n) is 5.26. The maximum Gasteiger partial charge on any atom is 0.335 e. The molecule has 0 spiro atoms. The standard InChI is InChI=1S/C12H15NO2/c13-7-8-1-2-9-3-4-10(12(14)15)6-11(9)5-8/h3-4,6,8H,1-2,5,7,13H2,(H,14,15). The van der Waals surface area contributed by atoms with Gasteiger partial charge < -0.3 is 10.8 Å². The van der Waals surface area contributed by atoms with Crippen LogP contribution in [0.25, 0.3) is 0 Å². The van der Waals surface area contributed by atoms with Crippen molar-refractivity contribution in [2.75, 3.05) is 6.54 Å². The number of hydrogen-bond acceptors (Lipinski definition) is 2. The number of carboxylic acid groups (broad SMARTS) is 1. The van der Waals surface area contributed by atoms with Crippen LogP contribution >= 0.6 is 0 Å². The van der Waals surface area contributed by atoms with Gasteiger partial charge in [-0.2, -0.15) is 0 Å². The van der Waals surface area contributed by atoms with Gasteiger partial charge in [0.15, 0.2) is 0 Å². The van der Waals surface area contributed by atoms with Crippen LogP contribution in [0.4, 0.5) is 0 Å². The maximum absolute atomic E-state index is 10.8. The lowest BCUT2D eigenvalue weighted by atomic mass is 9.83. The van der Waals surface area contributed by atoms with Crippen molar-refractivity contribution in [1.29, 1.82) is 0 Å². The summed E-state index contributed by atoms with van der Waals surface area (Å²) in [4.78, 5) is 10.8. The molecule has 0 heterocycles. The number of hydrogen-bond donors (Lipinski definition) is 2. The second kappa shape index (κ2) is 4.03. The molecule has 1 aliphatic rings. The Morgan fingerprint density at radius 2 is 2.27 bits per heavy atom. The van der Waals surface area contributed by atoms with Gasteiger partial charge in [0.2, 0.25) is 0 Å². The largest absolute Gasteiger partial charge is 0.478 e. The normalized spacial score (nSPS) is 19.7. The highest BCUT2D eigenvalue weighted by molar-refractivity contribution is 5.87. The van der Waals surface area contributed by atoms with Crippen LogP contribution < -0.4 is 5.73 Å². The summed E-state index contributed by atoms with van der Waals surface area (Å²) >= 11 is 0. The van der Waals surface area contributed by atoms with Gasteiger partial charge in [0.25, 0.3) is 0 Å². The average Bonchev–Trinajstić information content (AvgIpc) is 2.27. The number of aromatic carboxylic acids is 1. The summed E-state index contributed by atoms with van der Waals surface area (Å²) in [6.07, 6.45) is 3.07. The highest BCUT2D eigenvalue weighted by Gasteiger charge is 2.18. The Balaban J connectivity index is 2.30. The van der Waals surface area contributed by atoms with Crippen LogP contribution in [-0.2, 0) is 12.8 Å². The molecule has 0 aromatic heterocycles. The second-order valence-electron chi connectivity index (χ2n) is 4.13. The quantitative estimate of drug-likeness (QED) is 0.768. The third-order valence-electron chi connectivity index (χ3n) is 3.12. The van der Waals surface area contributed by atoms with Crippen LogP contribution in [0.5, 0.6) is 0 Å². The van der Waals surface area contributed by atoms with Gasteiger partial charge in [0, 0.05) is 0 Å². The van der Waals surface area contributed by atoms with Gasteiger partial charge in [-0.25, -0.2) is 4.79 Å². The van der Waals surface area contributed by atoms with Gasteiger partial charge in [-0.3, -0.25) is 0 Å². The van der Waals surface area contributed by atoms with Crippen LogP contribution in [0.2, 0.25) is 0 Å². The van der Waals surface area contributed by atoms with Crippen molar-refractivity contribution in [1.82, 2.24) is 0 Å². The first-order chi connectivity index (χ1) is 7.20. The van der Waals surface area contributed by atoms with Gasteiger partial charge in [-0.05, 0) is 55.0 Å². The van der Waals surface area contributed by atoms with E-state index in [4.69, 9.17) is 10.8 Å². The Labute approximate surface area is 88.9 Å². The minimum Gasteiger partial charge on any atom is -0.478 e. The van der Waals surface area contributed by atoms with Gasteiger partial charge in [0.05, 0.1) is 5.56 Å². The van der Waals surface area contributed by atoms with Crippen LogP contribution in [-0.4, -0.2) is 17.6 Å². The van der Waals surface area contributed by atoms with E-state index >= 15 is 0 Å². The molecule has 1 atom stereocenters. The number of carbonyl (C=O) groups is 1. The first kappa shape index (κ1) is 10.2. The van der Waals surface area contributed by atoms with Gasteiger partial charge in [-0.15, -0.1) is 0 Å². The SMILES string of the molecule is NCC1CCc2ccc(C(=O)O)cc2C1. The molecule has 1 aliphatic carbocycles. The Morgan fingerprint density at radius 1 is 1.47 bits per heavy atom. The fourth-order valence-corrected chi connectivity index (χ4v) is 2.17. The van der Waals surface area contributed by atoms with E-state index in [1.165, 1.54) is 5.56 Å². The highest BCUT2D eigenvalue weighted by Crippen LogP contribution is 2.25. The maximum atomic E-state index is 10.8. The molecule has 0 amide bonds. The summed E-state index contributed by atoms with van der Waals surface area (Å²) in [7, 11) is 0. The van der Waals surface area contributed by atoms with Crippen molar-refractivity contribution in [3.8, 4) is 0 Å². The molecule has 1 unspecified atom stereocenters. The minimum absolute atomic E-state index is 0.381. The molecule has 0 saturated heterocycles. The van der Waals surface area contributed by atoms with Gasteiger partial charge in [-0.1, -0.05) is 6.07 Å². The summed E-state index contributed by atoms with van der Waals surface area (Å²) in [6, 6.07) is 5.41. The second-order valence-corrected chi connectivity index (χ2v) is 4.13. The van der Waals surface area contributed by atoms with E-state index in [9.17, 15) is 4.79 Å². The van der Waals surface area contributed by atoms with E-state index in [1.54, 1.807) is 12.1 Å². The molecule has 0 bridgehead atoms. The predicted octanol–water partition coefficient (Wildman–Crippen LogP) is 1.45. The van der Waals surface area contributed by atoms with Gasteiger partial charge >= 0.3 is 5.97 Å². The highest BCUT2D eigenvalue weighted by atomic mass is 16.4. The van der Waals surface area contributed by atoms with Crippen molar-refractivity contribution in [2.45, 2.75) is 19.3 Å². The monoisotopic (exact) mass is 205 g/mol. The van der Waals surface area contributed by atoms with Crippen molar-refractivity contribution in [2.24, 2.45) is 11.7 Å². The number of carboxylic acids is 1. The number of aryl methyl sites for hydroxylation is 1. The molecule has 0 aliphatic heterocycles. The van der Waals surface area contributed by atoms with E-state index in [-0.39, 0.29) is 0 Å². The number of benzene rings is 1. The number of rotatable bonds is 2. The lowest BCUT2D eigenvalue weighted by Gasteiger charge is -2.23. The van der Waals surface area contributed by atoms with Crippen molar-refractivity contribution in [3.63, 3.8) is 0 Å². The Kier molecular flexibility index (Phi) is 2.73. The average molecular weight is 205 g/mol. The predicted molar refractivity (Wildman–Crippen MR) is 58.0 cm³/mol. The third kappa shape index (κ3) is 2.02. The number of nitrogens with two attached hydrogens (primary N) is 1.